The molecule has 1 aliphatic heterocycles. The van der Waals surface area contributed by atoms with E-state index in [0.717, 1.165) is 29.8 Å². The molecule has 4 nitrogen and oxygen atoms in total. The molecule has 2 atom stereocenters. The Morgan fingerprint density at radius 1 is 1.47 bits per heavy atom. The van der Waals surface area contributed by atoms with Crippen LogP contribution < -0.4 is 0 Å². The van der Waals surface area contributed by atoms with Crippen molar-refractivity contribution in [3.05, 3.63) is 22.4 Å². The second-order valence-corrected chi connectivity index (χ2v) is 6.46. The van der Waals surface area contributed by atoms with E-state index in [9.17, 15) is 4.79 Å². The molecular weight excluding hydrogens is 306 g/mol. The molecule has 0 saturated carbocycles. The first kappa shape index (κ1) is 14.6. The number of rotatable bonds is 3. The van der Waals surface area contributed by atoms with Gasteiger partial charge >= 0.3 is 0 Å². The van der Waals surface area contributed by atoms with Crippen molar-refractivity contribution in [1.29, 1.82) is 0 Å². The highest BCUT2D eigenvalue weighted by Gasteiger charge is 2.34. The van der Waals surface area contributed by atoms with Crippen molar-refractivity contribution in [1.82, 2.24) is 14.4 Å². The number of nitrogens with zero attached hydrogens (tertiary/aromatic N) is 3. The van der Waals surface area contributed by atoms with E-state index in [0.29, 0.717) is 12.0 Å². The molecule has 0 aliphatic carbocycles. The quantitative estimate of drug-likeness (QED) is 0.852. The molecule has 0 unspecified atom stereocenters. The molecule has 2 rings (SSSR count). The molecule has 0 bridgehead atoms. The Balaban J connectivity index is 2.17. The number of aromatic nitrogens is 1. The maximum atomic E-state index is 12.6. The van der Waals surface area contributed by atoms with Crippen molar-refractivity contribution < 1.29 is 4.79 Å². The fraction of sp³-hybridized carbons (Fsp3) is 0.643. The maximum absolute atomic E-state index is 12.6. The van der Waals surface area contributed by atoms with Crippen molar-refractivity contribution in [2.45, 2.75) is 26.4 Å². The van der Waals surface area contributed by atoms with Crippen LogP contribution in [0.1, 0.15) is 24.3 Å². The lowest BCUT2D eigenvalue weighted by Crippen LogP contribution is -2.36. The highest BCUT2D eigenvalue weighted by Crippen LogP contribution is 2.23. The molecule has 1 aromatic heterocycles. The first-order valence-electron chi connectivity index (χ1n) is 6.75. The molecule has 0 aromatic carbocycles. The summed E-state index contributed by atoms with van der Waals surface area (Å²) in [5, 5.41) is 0. The summed E-state index contributed by atoms with van der Waals surface area (Å²) in [5.41, 5.74) is 0.779. The maximum Gasteiger partial charge on any atom is 0.270 e. The van der Waals surface area contributed by atoms with Crippen molar-refractivity contribution in [3.8, 4) is 0 Å². The number of carbonyl (C=O) groups is 1. The highest BCUT2D eigenvalue weighted by atomic mass is 79.9. The zero-order chi connectivity index (χ0) is 14.2. The Hall–Kier alpha value is -0.810. The number of likely N-dealkylation sites (N-methyl/N-ethyl adjacent to an activating group) is 1. The molecular formula is C14H22BrN3O. The van der Waals surface area contributed by atoms with Gasteiger partial charge in [-0.3, -0.25) is 4.79 Å². The fourth-order valence-corrected chi connectivity index (χ4v) is 3.33. The van der Waals surface area contributed by atoms with Crippen LogP contribution in [0.3, 0.4) is 0 Å². The van der Waals surface area contributed by atoms with Gasteiger partial charge in [0, 0.05) is 36.3 Å². The molecule has 2 heterocycles. The van der Waals surface area contributed by atoms with Gasteiger partial charge in [-0.25, -0.2) is 0 Å². The summed E-state index contributed by atoms with van der Waals surface area (Å²) in [7, 11) is 4.17. The summed E-state index contributed by atoms with van der Waals surface area (Å²) in [4.78, 5) is 16.8. The van der Waals surface area contributed by atoms with Gasteiger partial charge in [-0.15, -0.1) is 0 Å². The van der Waals surface area contributed by atoms with Crippen LogP contribution in [0.2, 0.25) is 0 Å². The molecule has 0 radical (unpaired) electrons. The predicted octanol–water partition coefficient (Wildman–Crippen LogP) is 2.29. The van der Waals surface area contributed by atoms with E-state index in [-0.39, 0.29) is 5.91 Å². The molecule has 1 amide bonds. The number of amides is 1. The van der Waals surface area contributed by atoms with Gasteiger partial charge in [0.15, 0.2) is 0 Å². The third kappa shape index (κ3) is 2.87. The standard InChI is InChI=1S/C14H22BrN3O/c1-5-17-8-11(15)6-12(17)14(19)18-7-10(2)13(9-18)16(3)4/h6,8,10,13H,5,7,9H2,1-4H3/t10-,13+/m1/s1. The van der Waals surface area contributed by atoms with Gasteiger partial charge in [0.25, 0.3) is 5.91 Å². The Kier molecular flexibility index (Phi) is 4.36. The van der Waals surface area contributed by atoms with Gasteiger partial charge in [0.1, 0.15) is 5.69 Å². The van der Waals surface area contributed by atoms with E-state index < -0.39 is 0 Å². The van der Waals surface area contributed by atoms with E-state index >= 15 is 0 Å². The molecule has 19 heavy (non-hydrogen) atoms. The van der Waals surface area contributed by atoms with Crippen LogP contribution in [0.15, 0.2) is 16.7 Å². The monoisotopic (exact) mass is 327 g/mol. The van der Waals surface area contributed by atoms with Crippen LogP contribution in [0.5, 0.6) is 0 Å². The van der Waals surface area contributed by atoms with Crippen LogP contribution in [-0.4, -0.2) is 53.5 Å². The van der Waals surface area contributed by atoms with E-state index in [1.807, 2.05) is 21.7 Å². The summed E-state index contributed by atoms with van der Waals surface area (Å²) in [5.74, 6) is 0.663. The van der Waals surface area contributed by atoms with Gasteiger partial charge in [-0.1, -0.05) is 6.92 Å². The largest absolute Gasteiger partial charge is 0.343 e. The molecule has 0 N–H and O–H groups in total. The number of carbonyl (C=O) groups excluding carboxylic acids is 1. The average Bonchev–Trinajstić information content (AvgIpc) is 2.91. The number of likely N-dealkylation sites (tertiary alicyclic amines) is 1. The molecule has 0 spiro atoms. The smallest absolute Gasteiger partial charge is 0.270 e. The van der Waals surface area contributed by atoms with Crippen LogP contribution in [0.25, 0.3) is 0 Å². The molecule has 1 aliphatic rings. The molecule has 1 saturated heterocycles. The topological polar surface area (TPSA) is 28.5 Å². The Morgan fingerprint density at radius 2 is 2.16 bits per heavy atom. The SMILES string of the molecule is CCn1cc(Br)cc1C(=O)N1C[C@@H](C)[C@@H](N(C)C)C1. The van der Waals surface area contributed by atoms with Crippen LogP contribution in [0, 0.1) is 5.92 Å². The van der Waals surface area contributed by atoms with Crippen molar-refractivity contribution in [3.63, 3.8) is 0 Å². The van der Waals surface area contributed by atoms with Gasteiger partial charge < -0.3 is 14.4 Å². The number of hydrogen-bond acceptors (Lipinski definition) is 2. The zero-order valence-electron chi connectivity index (χ0n) is 12.1. The van der Waals surface area contributed by atoms with Gasteiger partial charge in [-0.2, -0.15) is 0 Å². The van der Waals surface area contributed by atoms with Gasteiger partial charge in [-0.05, 0) is 48.9 Å². The van der Waals surface area contributed by atoms with Crippen LogP contribution in [-0.2, 0) is 6.54 Å². The molecule has 5 heteroatoms. The van der Waals surface area contributed by atoms with E-state index in [1.54, 1.807) is 0 Å². The average molecular weight is 328 g/mol. The summed E-state index contributed by atoms with van der Waals surface area (Å²) in [6.45, 7) is 6.74. The summed E-state index contributed by atoms with van der Waals surface area (Å²) < 4.78 is 2.97. The van der Waals surface area contributed by atoms with Crippen LogP contribution in [0.4, 0.5) is 0 Å². The predicted molar refractivity (Wildman–Crippen MR) is 80.3 cm³/mol. The van der Waals surface area contributed by atoms with Crippen molar-refractivity contribution >= 4 is 21.8 Å². The Morgan fingerprint density at radius 3 is 2.68 bits per heavy atom. The second kappa shape index (κ2) is 5.67. The zero-order valence-corrected chi connectivity index (χ0v) is 13.6. The van der Waals surface area contributed by atoms with Crippen molar-refractivity contribution in [2.75, 3.05) is 27.2 Å². The number of halogens is 1. The minimum absolute atomic E-state index is 0.142. The second-order valence-electron chi connectivity index (χ2n) is 5.55. The molecule has 1 fully saturated rings. The third-order valence-corrected chi connectivity index (χ3v) is 4.38. The van der Waals surface area contributed by atoms with E-state index in [4.69, 9.17) is 0 Å². The van der Waals surface area contributed by atoms with Crippen molar-refractivity contribution in [2.24, 2.45) is 5.92 Å². The lowest BCUT2D eigenvalue weighted by molar-refractivity contribution is 0.0771. The highest BCUT2D eigenvalue weighted by molar-refractivity contribution is 9.10. The minimum Gasteiger partial charge on any atom is -0.343 e. The molecule has 1 aromatic rings. The summed E-state index contributed by atoms with van der Waals surface area (Å²) >= 11 is 3.45. The Labute approximate surface area is 123 Å². The summed E-state index contributed by atoms with van der Waals surface area (Å²) in [6, 6.07) is 2.37. The van der Waals surface area contributed by atoms with E-state index in [2.05, 4.69) is 48.8 Å². The van der Waals surface area contributed by atoms with E-state index in [1.165, 1.54) is 0 Å². The third-order valence-electron chi connectivity index (χ3n) is 3.95. The number of hydrogen-bond donors (Lipinski definition) is 0. The lowest BCUT2D eigenvalue weighted by Gasteiger charge is -2.22. The Bertz CT molecular complexity index is 469. The fourth-order valence-electron chi connectivity index (χ4n) is 2.87. The lowest BCUT2D eigenvalue weighted by atomic mass is 10.1. The first-order valence-corrected chi connectivity index (χ1v) is 7.54. The van der Waals surface area contributed by atoms with Gasteiger partial charge in [0.2, 0.25) is 0 Å². The first-order chi connectivity index (χ1) is 8.93. The van der Waals surface area contributed by atoms with Gasteiger partial charge in [0.05, 0.1) is 0 Å². The number of aryl methyl sites for hydroxylation is 1. The minimum atomic E-state index is 0.142. The summed E-state index contributed by atoms with van der Waals surface area (Å²) in [6.07, 6.45) is 1.97. The normalized spacial score (nSPS) is 23.4. The molecule has 106 valence electrons. The van der Waals surface area contributed by atoms with Crippen LogP contribution >= 0.6 is 15.9 Å².